The number of ether oxygens (including phenoxy) is 2. The molecule has 0 rings (SSSR count). The number of hydrogen-bond acceptors (Lipinski definition) is 4. The van der Waals surface area contributed by atoms with Gasteiger partial charge in [-0.2, -0.15) is 0 Å². The third-order valence-electron chi connectivity index (χ3n) is 3.09. The summed E-state index contributed by atoms with van der Waals surface area (Å²) < 4.78 is 9.21. The molecule has 0 aromatic rings. The zero-order valence-electron chi connectivity index (χ0n) is 13.7. The Morgan fingerprint density at radius 2 is 1.43 bits per heavy atom. The number of carbonyl (C=O) groups excluding carboxylic acids is 2. The van der Waals surface area contributed by atoms with Crippen molar-refractivity contribution >= 4 is 11.9 Å². The highest BCUT2D eigenvalue weighted by Crippen LogP contribution is 2.11. The van der Waals surface area contributed by atoms with Crippen LogP contribution in [0.4, 0.5) is 0 Å². The highest BCUT2D eigenvalue weighted by Gasteiger charge is 2.01. The summed E-state index contributed by atoms with van der Waals surface area (Å²) in [7, 11) is 2.76. The highest BCUT2D eigenvalue weighted by molar-refractivity contribution is 5.87. The van der Waals surface area contributed by atoms with Crippen LogP contribution in [0.15, 0.2) is 34.9 Å². The van der Waals surface area contributed by atoms with E-state index < -0.39 is 0 Å². The summed E-state index contributed by atoms with van der Waals surface area (Å²) in [6, 6.07) is 0. The topological polar surface area (TPSA) is 52.6 Å². The fourth-order valence-electron chi connectivity index (χ4n) is 1.74. The molecular formula is C17H26O4. The summed E-state index contributed by atoms with van der Waals surface area (Å²) in [4.78, 5) is 22.2. The number of allylic oxidation sites excluding steroid dienone is 4. The molecule has 4 nitrogen and oxygen atoms in total. The van der Waals surface area contributed by atoms with Crippen molar-refractivity contribution in [3.8, 4) is 0 Å². The van der Waals surface area contributed by atoms with Gasteiger partial charge in [0.1, 0.15) is 0 Å². The Morgan fingerprint density at radius 3 is 2.00 bits per heavy atom. The van der Waals surface area contributed by atoms with Crippen LogP contribution in [0.2, 0.25) is 0 Å². The minimum absolute atomic E-state index is 0.278. The van der Waals surface area contributed by atoms with Gasteiger partial charge >= 0.3 is 11.9 Å². The number of hydrogen-bond donors (Lipinski definition) is 0. The van der Waals surface area contributed by atoms with Crippen molar-refractivity contribution in [2.45, 2.75) is 46.5 Å². The molecule has 0 atom stereocenters. The van der Waals surface area contributed by atoms with Crippen molar-refractivity contribution in [2.75, 3.05) is 14.2 Å². The fourth-order valence-corrected chi connectivity index (χ4v) is 1.74. The van der Waals surface area contributed by atoms with E-state index in [1.807, 2.05) is 13.0 Å². The molecule has 0 aromatic carbocycles. The van der Waals surface area contributed by atoms with E-state index in [9.17, 15) is 9.59 Å². The van der Waals surface area contributed by atoms with E-state index in [-0.39, 0.29) is 11.9 Å². The summed E-state index contributed by atoms with van der Waals surface area (Å²) in [5, 5.41) is 0. The van der Waals surface area contributed by atoms with Crippen molar-refractivity contribution in [2.24, 2.45) is 0 Å². The molecule has 0 spiro atoms. The molecule has 118 valence electrons. The van der Waals surface area contributed by atoms with Crippen LogP contribution in [0.1, 0.15) is 46.5 Å². The summed E-state index contributed by atoms with van der Waals surface area (Å²) in [5.41, 5.74) is 2.92. The Hall–Kier alpha value is -1.84. The molecule has 0 saturated heterocycles. The Bertz CT molecular complexity index is 442. The van der Waals surface area contributed by atoms with E-state index in [2.05, 4.69) is 22.5 Å². The monoisotopic (exact) mass is 294 g/mol. The molecule has 0 fully saturated rings. The quantitative estimate of drug-likeness (QED) is 0.389. The van der Waals surface area contributed by atoms with Crippen LogP contribution in [0.25, 0.3) is 0 Å². The molecule has 0 N–H and O–H groups in total. The maximum atomic E-state index is 11.2. The summed E-state index contributed by atoms with van der Waals surface area (Å²) in [5.74, 6) is -0.586. The minimum Gasteiger partial charge on any atom is -0.466 e. The second-order valence-corrected chi connectivity index (χ2v) is 5.02. The molecule has 21 heavy (non-hydrogen) atoms. The van der Waals surface area contributed by atoms with E-state index in [1.165, 1.54) is 25.9 Å². The largest absolute Gasteiger partial charge is 0.466 e. The van der Waals surface area contributed by atoms with Gasteiger partial charge in [-0.3, -0.25) is 0 Å². The maximum Gasteiger partial charge on any atom is 0.333 e. The van der Waals surface area contributed by atoms with Crippen LogP contribution in [0.5, 0.6) is 0 Å². The minimum atomic E-state index is -0.309. The Labute approximate surface area is 127 Å². The predicted molar refractivity (Wildman–Crippen MR) is 83.8 cm³/mol. The lowest BCUT2D eigenvalue weighted by Gasteiger charge is -2.02. The molecule has 0 aliphatic heterocycles. The van der Waals surface area contributed by atoms with E-state index in [0.717, 1.165) is 31.3 Å². The van der Waals surface area contributed by atoms with E-state index in [4.69, 9.17) is 0 Å². The van der Waals surface area contributed by atoms with Gasteiger partial charge in [-0.25, -0.2) is 9.59 Å². The third-order valence-corrected chi connectivity index (χ3v) is 3.09. The number of rotatable bonds is 8. The number of methoxy groups -OCH3 is 2. The normalized spacial score (nSPS) is 13.1. The first-order chi connectivity index (χ1) is 9.90. The van der Waals surface area contributed by atoms with Crippen LogP contribution in [-0.2, 0) is 19.1 Å². The molecule has 0 radical (unpaired) electrons. The van der Waals surface area contributed by atoms with E-state index in [0.29, 0.717) is 5.57 Å². The molecule has 4 heteroatoms. The van der Waals surface area contributed by atoms with Gasteiger partial charge in [-0.05, 0) is 46.5 Å². The summed E-state index contributed by atoms with van der Waals surface area (Å²) in [6.45, 7) is 5.75. The van der Waals surface area contributed by atoms with E-state index >= 15 is 0 Å². The van der Waals surface area contributed by atoms with Crippen molar-refractivity contribution in [3.63, 3.8) is 0 Å². The van der Waals surface area contributed by atoms with Crippen molar-refractivity contribution in [1.82, 2.24) is 0 Å². The van der Waals surface area contributed by atoms with Crippen molar-refractivity contribution < 1.29 is 19.1 Å². The lowest BCUT2D eigenvalue weighted by Crippen LogP contribution is -2.01. The van der Waals surface area contributed by atoms with Gasteiger partial charge in [-0.15, -0.1) is 0 Å². The van der Waals surface area contributed by atoms with Gasteiger partial charge in [0.05, 0.1) is 14.2 Å². The Kier molecular flexibility index (Phi) is 9.94. The van der Waals surface area contributed by atoms with Crippen LogP contribution in [0.3, 0.4) is 0 Å². The molecule has 0 unspecified atom stereocenters. The average molecular weight is 294 g/mol. The van der Waals surface area contributed by atoms with Gasteiger partial charge in [-0.1, -0.05) is 23.3 Å². The first-order valence-corrected chi connectivity index (χ1v) is 7.06. The smallest absolute Gasteiger partial charge is 0.333 e. The van der Waals surface area contributed by atoms with Gasteiger partial charge in [0.25, 0.3) is 0 Å². The van der Waals surface area contributed by atoms with Crippen LogP contribution in [-0.4, -0.2) is 26.2 Å². The Balaban J connectivity index is 4.13. The molecule has 0 aromatic heterocycles. The predicted octanol–water partition coefficient (Wildman–Crippen LogP) is 3.73. The van der Waals surface area contributed by atoms with Crippen LogP contribution >= 0.6 is 0 Å². The standard InChI is InChI=1S/C17H26O4/c1-13(9-7-11-15(3)17(19)21-5)8-6-10-14(2)12-16(18)20-4/h8,11-12H,6-7,9-10H2,1-5H3. The van der Waals surface area contributed by atoms with Gasteiger partial charge in [0.15, 0.2) is 0 Å². The summed E-state index contributed by atoms with van der Waals surface area (Å²) >= 11 is 0. The maximum absolute atomic E-state index is 11.2. The molecular weight excluding hydrogens is 268 g/mol. The second kappa shape index (κ2) is 10.9. The van der Waals surface area contributed by atoms with Crippen molar-refractivity contribution in [1.29, 1.82) is 0 Å². The lowest BCUT2D eigenvalue weighted by molar-refractivity contribution is -0.136. The number of esters is 2. The van der Waals surface area contributed by atoms with Gasteiger partial charge < -0.3 is 9.47 Å². The molecule has 0 amide bonds. The second-order valence-electron chi connectivity index (χ2n) is 5.02. The number of carbonyl (C=O) groups is 2. The molecule has 0 aliphatic carbocycles. The zero-order chi connectivity index (χ0) is 16.3. The fraction of sp³-hybridized carbons (Fsp3) is 0.529. The van der Waals surface area contributed by atoms with Crippen LogP contribution in [0, 0.1) is 0 Å². The zero-order valence-corrected chi connectivity index (χ0v) is 13.7. The first-order valence-electron chi connectivity index (χ1n) is 7.06. The first kappa shape index (κ1) is 19.2. The van der Waals surface area contributed by atoms with Gasteiger partial charge in [0.2, 0.25) is 0 Å². The lowest BCUT2D eigenvalue weighted by atomic mass is 10.1. The third kappa shape index (κ3) is 9.66. The molecule has 0 bridgehead atoms. The van der Waals surface area contributed by atoms with Crippen LogP contribution < -0.4 is 0 Å². The van der Waals surface area contributed by atoms with Gasteiger partial charge in [0, 0.05) is 11.6 Å². The molecule has 0 aliphatic rings. The molecule has 0 heterocycles. The highest BCUT2D eigenvalue weighted by atomic mass is 16.5. The summed E-state index contributed by atoms with van der Waals surface area (Å²) in [6.07, 6.45) is 9.04. The average Bonchev–Trinajstić information content (AvgIpc) is 2.45. The molecule has 0 saturated carbocycles. The van der Waals surface area contributed by atoms with E-state index in [1.54, 1.807) is 6.92 Å². The van der Waals surface area contributed by atoms with Crippen molar-refractivity contribution in [3.05, 3.63) is 34.9 Å². The SMILES string of the molecule is COC(=O)C=C(C)CCC=C(C)CCC=C(C)C(=O)OC. The Morgan fingerprint density at radius 1 is 0.857 bits per heavy atom.